The number of aromatic nitrogens is 1. The van der Waals surface area contributed by atoms with Gasteiger partial charge in [0.1, 0.15) is 5.69 Å². The number of halogens is 1. The Morgan fingerprint density at radius 1 is 0.972 bits per heavy atom. The highest BCUT2D eigenvalue weighted by atomic mass is 35.5. The summed E-state index contributed by atoms with van der Waals surface area (Å²) in [6, 6.07) is 30.2. The Bertz CT molecular complexity index is 1220. The van der Waals surface area contributed by atoms with Crippen LogP contribution in [0.2, 0.25) is 0 Å². The van der Waals surface area contributed by atoms with Gasteiger partial charge in [0.25, 0.3) is 5.91 Å². The minimum absolute atomic E-state index is 0. The van der Waals surface area contributed by atoms with Crippen molar-refractivity contribution in [2.75, 3.05) is 13.1 Å². The number of rotatable bonds is 9. The summed E-state index contributed by atoms with van der Waals surface area (Å²) in [6.07, 6.45) is 4.37. The Balaban J connectivity index is 0.00000304. The maximum atomic E-state index is 13.8. The summed E-state index contributed by atoms with van der Waals surface area (Å²) in [5.41, 5.74) is 5.44. The summed E-state index contributed by atoms with van der Waals surface area (Å²) in [7, 11) is 0. The molecule has 1 aliphatic rings. The molecule has 1 aliphatic heterocycles. The van der Waals surface area contributed by atoms with Crippen molar-refractivity contribution in [2.45, 2.75) is 51.1 Å². The third-order valence-electron chi connectivity index (χ3n) is 7.18. The third kappa shape index (κ3) is 5.35. The Hall–Kier alpha value is -3.08. The fraction of sp³-hybridized carbons (Fsp3) is 0.323. The maximum absolute atomic E-state index is 13.8. The molecule has 1 aromatic heterocycles. The second kappa shape index (κ2) is 12.2. The van der Waals surface area contributed by atoms with Crippen LogP contribution in [0.5, 0.6) is 0 Å². The average Bonchev–Trinajstić information content (AvgIpc) is 3.54. The van der Waals surface area contributed by atoms with Crippen molar-refractivity contribution >= 4 is 29.2 Å². The van der Waals surface area contributed by atoms with E-state index >= 15 is 0 Å². The second-order valence-corrected chi connectivity index (χ2v) is 9.52. The standard InChI is InChI=1S/C31H35N3O.ClH/c1-2-20-33-31(35)30-29(28(23-12-5-3-6-13-23)24-14-7-4-8-15-24)26-17-9-10-18-27(26)34(30)22-19-25-16-11-21-32-25;/h3-10,12-15,17-18,25,28,32H,2,11,16,19-22H2,1H3,(H,33,35);1H. The minimum Gasteiger partial charge on any atom is -0.351 e. The summed E-state index contributed by atoms with van der Waals surface area (Å²) in [5.74, 6) is -0.00942. The van der Waals surface area contributed by atoms with Crippen LogP contribution in [-0.4, -0.2) is 29.6 Å². The van der Waals surface area contributed by atoms with Gasteiger partial charge in [-0.2, -0.15) is 0 Å². The molecule has 4 aromatic rings. The largest absolute Gasteiger partial charge is 0.351 e. The van der Waals surface area contributed by atoms with Crippen molar-refractivity contribution in [3.05, 3.63) is 107 Å². The van der Waals surface area contributed by atoms with Crippen LogP contribution in [0, 0.1) is 0 Å². The van der Waals surface area contributed by atoms with Crippen LogP contribution in [0.4, 0.5) is 0 Å². The molecule has 1 amide bonds. The first-order valence-corrected chi connectivity index (χ1v) is 13.0. The molecule has 0 bridgehead atoms. The zero-order chi connectivity index (χ0) is 24.0. The van der Waals surface area contributed by atoms with Crippen molar-refractivity contribution in [1.82, 2.24) is 15.2 Å². The normalized spacial score (nSPS) is 15.2. The number of benzene rings is 3. The molecule has 0 radical (unpaired) electrons. The highest BCUT2D eigenvalue weighted by Crippen LogP contribution is 2.40. The topological polar surface area (TPSA) is 46.1 Å². The van der Waals surface area contributed by atoms with Gasteiger partial charge < -0.3 is 15.2 Å². The number of nitrogens with zero attached hydrogens (tertiary/aromatic N) is 1. The van der Waals surface area contributed by atoms with Gasteiger partial charge in [-0.25, -0.2) is 0 Å². The summed E-state index contributed by atoms with van der Waals surface area (Å²) < 4.78 is 2.29. The molecule has 3 aromatic carbocycles. The molecule has 5 heteroatoms. The number of fused-ring (bicyclic) bond motifs is 1. The predicted molar refractivity (Wildman–Crippen MR) is 151 cm³/mol. The molecule has 2 N–H and O–H groups in total. The van der Waals surface area contributed by atoms with Crippen LogP contribution in [0.25, 0.3) is 10.9 Å². The van der Waals surface area contributed by atoms with E-state index in [0.717, 1.165) is 48.1 Å². The van der Waals surface area contributed by atoms with Crippen molar-refractivity contribution < 1.29 is 4.79 Å². The molecule has 1 atom stereocenters. The van der Waals surface area contributed by atoms with E-state index in [9.17, 15) is 4.79 Å². The lowest BCUT2D eigenvalue weighted by Gasteiger charge is -2.21. The lowest BCUT2D eigenvalue weighted by Crippen LogP contribution is -2.29. The van der Waals surface area contributed by atoms with E-state index in [1.165, 1.54) is 24.0 Å². The molecule has 0 saturated carbocycles. The maximum Gasteiger partial charge on any atom is 0.268 e. The minimum atomic E-state index is -0.0319. The van der Waals surface area contributed by atoms with Crippen molar-refractivity contribution in [3.8, 4) is 0 Å². The Labute approximate surface area is 220 Å². The van der Waals surface area contributed by atoms with E-state index in [0.29, 0.717) is 12.6 Å². The molecule has 1 fully saturated rings. The van der Waals surface area contributed by atoms with Gasteiger partial charge in [0.05, 0.1) is 0 Å². The number of carbonyl (C=O) groups is 1. The highest BCUT2D eigenvalue weighted by Gasteiger charge is 2.30. The summed E-state index contributed by atoms with van der Waals surface area (Å²) in [6.45, 7) is 4.68. The molecule has 2 heterocycles. The second-order valence-electron chi connectivity index (χ2n) is 9.52. The molecule has 5 rings (SSSR count). The first-order valence-electron chi connectivity index (χ1n) is 13.0. The van der Waals surface area contributed by atoms with E-state index in [4.69, 9.17) is 0 Å². The van der Waals surface area contributed by atoms with E-state index in [-0.39, 0.29) is 24.2 Å². The van der Waals surface area contributed by atoms with Gasteiger partial charge in [-0.05, 0) is 49.4 Å². The van der Waals surface area contributed by atoms with E-state index < -0.39 is 0 Å². The van der Waals surface area contributed by atoms with Gasteiger partial charge >= 0.3 is 0 Å². The van der Waals surface area contributed by atoms with Crippen molar-refractivity contribution in [3.63, 3.8) is 0 Å². The predicted octanol–water partition coefficient (Wildman–Crippen LogP) is 6.53. The zero-order valence-electron chi connectivity index (χ0n) is 21.0. The fourth-order valence-corrected chi connectivity index (χ4v) is 5.53. The van der Waals surface area contributed by atoms with Crippen LogP contribution in [-0.2, 0) is 6.54 Å². The monoisotopic (exact) mass is 501 g/mol. The van der Waals surface area contributed by atoms with Crippen molar-refractivity contribution in [2.24, 2.45) is 0 Å². The quantitative estimate of drug-likeness (QED) is 0.274. The first kappa shape index (κ1) is 26.0. The number of nitrogens with one attached hydrogen (secondary N) is 2. The van der Waals surface area contributed by atoms with Crippen LogP contribution in [0.1, 0.15) is 65.7 Å². The zero-order valence-corrected chi connectivity index (χ0v) is 21.8. The molecule has 1 unspecified atom stereocenters. The smallest absolute Gasteiger partial charge is 0.268 e. The molecule has 0 spiro atoms. The van der Waals surface area contributed by atoms with Crippen LogP contribution >= 0.6 is 12.4 Å². The number of hydrogen-bond acceptors (Lipinski definition) is 2. The van der Waals surface area contributed by atoms with Gasteiger partial charge in [-0.15, -0.1) is 12.4 Å². The number of hydrogen-bond donors (Lipinski definition) is 2. The molecular weight excluding hydrogens is 466 g/mol. The van der Waals surface area contributed by atoms with Gasteiger partial charge in [-0.3, -0.25) is 4.79 Å². The number of carbonyl (C=O) groups excluding carboxylic acids is 1. The van der Waals surface area contributed by atoms with Gasteiger partial charge in [-0.1, -0.05) is 85.8 Å². The lowest BCUT2D eigenvalue weighted by molar-refractivity contribution is 0.0943. The Morgan fingerprint density at radius 3 is 2.22 bits per heavy atom. The van der Waals surface area contributed by atoms with Crippen LogP contribution < -0.4 is 10.6 Å². The van der Waals surface area contributed by atoms with Crippen molar-refractivity contribution in [1.29, 1.82) is 0 Å². The summed E-state index contributed by atoms with van der Waals surface area (Å²) in [4.78, 5) is 13.8. The fourth-order valence-electron chi connectivity index (χ4n) is 5.53. The molecule has 1 saturated heterocycles. The van der Waals surface area contributed by atoms with E-state index in [2.05, 4.69) is 107 Å². The summed E-state index contributed by atoms with van der Waals surface area (Å²) in [5, 5.41) is 7.98. The van der Waals surface area contributed by atoms with Gasteiger partial charge in [0.2, 0.25) is 0 Å². The van der Waals surface area contributed by atoms with Gasteiger partial charge in [0, 0.05) is 41.5 Å². The van der Waals surface area contributed by atoms with E-state index in [1.54, 1.807) is 0 Å². The number of para-hydroxylation sites is 1. The number of amides is 1. The molecule has 0 aliphatic carbocycles. The first-order chi connectivity index (χ1) is 17.3. The average molecular weight is 502 g/mol. The van der Waals surface area contributed by atoms with Crippen LogP contribution in [0.3, 0.4) is 0 Å². The molecule has 36 heavy (non-hydrogen) atoms. The van der Waals surface area contributed by atoms with E-state index in [1.807, 2.05) is 0 Å². The molecular formula is C31H36ClN3O. The van der Waals surface area contributed by atoms with Gasteiger partial charge in [0.15, 0.2) is 0 Å². The van der Waals surface area contributed by atoms with Crippen LogP contribution in [0.15, 0.2) is 84.9 Å². The third-order valence-corrected chi connectivity index (χ3v) is 7.18. The highest BCUT2D eigenvalue weighted by molar-refractivity contribution is 6.02. The SMILES string of the molecule is CCCNC(=O)c1c(C(c2ccccc2)c2ccccc2)c2ccccc2n1CCC1CCCN1.Cl. The Kier molecular flexibility index (Phi) is 8.84. The molecule has 4 nitrogen and oxygen atoms in total. The lowest BCUT2D eigenvalue weighted by atomic mass is 9.83. The summed E-state index contributed by atoms with van der Waals surface area (Å²) >= 11 is 0. The Morgan fingerprint density at radius 2 is 1.61 bits per heavy atom. The number of aryl methyl sites for hydroxylation is 1. The molecule has 188 valence electrons.